The van der Waals surface area contributed by atoms with Gasteiger partial charge >= 0.3 is 6.09 Å². The van der Waals surface area contributed by atoms with E-state index in [1.807, 2.05) is 0 Å². The summed E-state index contributed by atoms with van der Waals surface area (Å²) in [6.45, 7) is 5.28. The van der Waals surface area contributed by atoms with Crippen LogP contribution < -0.4 is 0 Å². The predicted molar refractivity (Wildman–Crippen MR) is 90.2 cm³/mol. The first kappa shape index (κ1) is 20.1. The van der Waals surface area contributed by atoms with Gasteiger partial charge in [0.15, 0.2) is 0 Å². The molecule has 1 aliphatic rings. The second-order valence-corrected chi connectivity index (χ2v) is 7.30. The monoisotopic (exact) mass is 370 g/mol. The van der Waals surface area contributed by atoms with Gasteiger partial charge in [-0.2, -0.15) is 0 Å². The molecular weight excluding hydrogens is 346 g/mol. The van der Waals surface area contributed by atoms with E-state index in [1.54, 1.807) is 20.8 Å². The van der Waals surface area contributed by atoms with Crippen LogP contribution in [0.4, 0.5) is 13.6 Å². The molecule has 0 aromatic heterocycles. The van der Waals surface area contributed by atoms with Gasteiger partial charge in [-0.25, -0.2) is 18.6 Å². The summed E-state index contributed by atoms with van der Waals surface area (Å²) in [5.74, 6) is -2.23. The number of halogens is 2. The lowest BCUT2D eigenvalue weighted by Gasteiger charge is -2.29. The highest BCUT2D eigenvalue weighted by atomic mass is 19.1. The van der Waals surface area contributed by atoms with Crippen LogP contribution in [0.15, 0.2) is 18.2 Å². The van der Waals surface area contributed by atoms with Crippen molar-refractivity contribution in [3.8, 4) is 0 Å². The van der Waals surface area contributed by atoms with Gasteiger partial charge in [-0.3, -0.25) is 14.5 Å². The zero-order valence-corrected chi connectivity index (χ0v) is 15.6. The topological polar surface area (TPSA) is 59.1 Å². The number of benzene rings is 1. The lowest BCUT2D eigenvalue weighted by Crippen LogP contribution is -2.47. The molecule has 1 aromatic carbocycles. The molecule has 144 valence electrons. The summed E-state index contributed by atoms with van der Waals surface area (Å²) in [5.41, 5.74) is -0.340. The Morgan fingerprint density at radius 3 is 2.27 bits per heavy atom. The molecule has 1 saturated heterocycles. The fourth-order valence-corrected chi connectivity index (χ4v) is 2.94. The van der Waals surface area contributed by atoms with E-state index in [0.29, 0.717) is 5.56 Å². The number of carbonyl (C=O) groups excluding carboxylic acids is 2. The van der Waals surface area contributed by atoms with Gasteiger partial charge in [0.25, 0.3) is 5.91 Å². The largest absolute Gasteiger partial charge is 0.444 e. The summed E-state index contributed by atoms with van der Waals surface area (Å²) in [4.78, 5) is 31.3. The third-order valence-corrected chi connectivity index (χ3v) is 4.15. The van der Waals surface area contributed by atoms with Gasteiger partial charge in [0.2, 0.25) is 0 Å². The maximum Gasteiger partial charge on any atom is 0.410 e. The molecule has 0 radical (unpaired) electrons. The average molecular weight is 370 g/mol. The van der Waals surface area contributed by atoms with Crippen molar-refractivity contribution in [2.24, 2.45) is 0 Å². The summed E-state index contributed by atoms with van der Waals surface area (Å²) in [6.07, 6.45) is -0.436. The Balaban J connectivity index is 2.30. The highest BCUT2D eigenvalue weighted by Gasteiger charge is 2.43. The van der Waals surface area contributed by atoms with Crippen LogP contribution >= 0.6 is 0 Å². The number of nitrogens with zero attached hydrogens (tertiary/aromatic N) is 2. The fraction of sp³-hybridized carbons (Fsp3) is 0.556. The summed E-state index contributed by atoms with van der Waals surface area (Å²) in [7, 11) is 2.77. The van der Waals surface area contributed by atoms with Gasteiger partial charge in [-0.1, -0.05) is 0 Å². The van der Waals surface area contributed by atoms with E-state index in [2.05, 4.69) is 0 Å². The third kappa shape index (κ3) is 4.69. The quantitative estimate of drug-likeness (QED) is 0.768. The first-order chi connectivity index (χ1) is 12.0. The van der Waals surface area contributed by atoms with Crippen molar-refractivity contribution in [3.05, 3.63) is 35.4 Å². The number of carbonyl (C=O) groups is 2. The SMILES string of the molecule is CON(C)C(=O)[C@@H]1C[C@@H](c2cc(F)cc(F)c2)CN1C(=O)OC(C)(C)C. The van der Waals surface area contributed by atoms with Crippen molar-refractivity contribution < 1.29 is 27.9 Å². The molecule has 2 amide bonds. The summed E-state index contributed by atoms with van der Waals surface area (Å²) in [6, 6.07) is 2.37. The van der Waals surface area contributed by atoms with Gasteiger partial charge in [0.05, 0.1) is 7.11 Å². The Hall–Kier alpha value is -2.22. The Bertz CT molecular complexity index is 670. The van der Waals surface area contributed by atoms with Crippen LogP contribution in [-0.2, 0) is 14.4 Å². The summed E-state index contributed by atoms with van der Waals surface area (Å²) >= 11 is 0. The van der Waals surface area contributed by atoms with Crippen molar-refractivity contribution in [1.82, 2.24) is 9.96 Å². The van der Waals surface area contributed by atoms with Gasteiger partial charge in [-0.05, 0) is 44.9 Å². The van der Waals surface area contributed by atoms with Crippen molar-refractivity contribution in [2.75, 3.05) is 20.7 Å². The Labute approximate surface area is 151 Å². The normalized spacial score (nSPS) is 20.2. The number of likely N-dealkylation sites (tertiary alicyclic amines) is 1. The molecule has 1 aliphatic heterocycles. The molecule has 6 nitrogen and oxygen atoms in total. The van der Waals surface area contributed by atoms with E-state index >= 15 is 0 Å². The van der Waals surface area contributed by atoms with Gasteiger partial charge in [0.1, 0.15) is 23.3 Å². The molecular formula is C18H24F2N2O4. The highest BCUT2D eigenvalue weighted by molar-refractivity contribution is 5.85. The van der Waals surface area contributed by atoms with E-state index in [0.717, 1.165) is 11.1 Å². The number of hydrogen-bond donors (Lipinski definition) is 0. The standard InChI is InChI=1S/C18H24F2N2O4/c1-18(2,3)26-17(24)22-10-12(8-15(22)16(23)21(4)25-5)11-6-13(19)9-14(20)7-11/h6-7,9,12,15H,8,10H2,1-5H3/t12-,15+/m1/s1. The van der Waals surface area contributed by atoms with Gasteiger partial charge in [0, 0.05) is 25.6 Å². The highest BCUT2D eigenvalue weighted by Crippen LogP contribution is 2.34. The second kappa shape index (κ2) is 7.57. The average Bonchev–Trinajstić information content (AvgIpc) is 2.96. The number of hydrogen-bond acceptors (Lipinski definition) is 4. The Morgan fingerprint density at radius 2 is 1.77 bits per heavy atom. The van der Waals surface area contributed by atoms with Crippen molar-refractivity contribution in [2.45, 2.75) is 44.8 Å². The van der Waals surface area contributed by atoms with Crippen molar-refractivity contribution in [3.63, 3.8) is 0 Å². The number of hydroxylamine groups is 2. The Kier molecular flexibility index (Phi) is 5.85. The van der Waals surface area contributed by atoms with Crippen LogP contribution in [0, 0.1) is 11.6 Å². The minimum absolute atomic E-state index is 0.117. The molecule has 0 aliphatic carbocycles. The molecule has 26 heavy (non-hydrogen) atoms. The van der Waals surface area contributed by atoms with Crippen LogP contribution in [0.25, 0.3) is 0 Å². The van der Waals surface area contributed by atoms with E-state index in [-0.39, 0.29) is 13.0 Å². The van der Waals surface area contributed by atoms with Crippen LogP contribution in [0.5, 0.6) is 0 Å². The molecule has 0 saturated carbocycles. The molecule has 0 bridgehead atoms. The third-order valence-electron chi connectivity index (χ3n) is 4.15. The van der Waals surface area contributed by atoms with Crippen LogP contribution in [0.2, 0.25) is 0 Å². The minimum atomic E-state index is -0.842. The van der Waals surface area contributed by atoms with E-state index < -0.39 is 41.2 Å². The molecule has 0 N–H and O–H groups in total. The first-order valence-corrected chi connectivity index (χ1v) is 8.29. The summed E-state index contributed by atoms with van der Waals surface area (Å²) in [5, 5.41) is 1.02. The molecule has 8 heteroatoms. The number of likely N-dealkylation sites (N-methyl/N-ethyl adjacent to an activating group) is 1. The second-order valence-electron chi connectivity index (χ2n) is 7.30. The number of ether oxygens (including phenoxy) is 1. The van der Waals surface area contributed by atoms with Gasteiger partial charge in [-0.15, -0.1) is 0 Å². The molecule has 2 rings (SSSR count). The smallest absolute Gasteiger partial charge is 0.410 e. The lowest BCUT2D eigenvalue weighted by atomic mass is 9.96. The van der Waals surface area contributed by atoms with E-state index in [4.69, 9.17) is 9.57 Å². The summed E-state index contributed by atoms with van der Waals surface area (Å²) < 4.78 is 32.5. The van der Waals surface area contributed by atoms with Gasteiger partial charge < -0.3 is 4.74 Å². The lowest BCUT2D eigenvalue weighted by molar-refractivity contribution is -0.173. The van der Waals surface area contributed by atoms with Crippen molar-refractivity contribution in [1.29, 1.82) is 0 Å². The molecule has 0 unspecified atom stereocenters. The minimum Gasteiger partial charge on any atom is -0.444 e. The number of amides is 2. The van der Waals surface area contributed by atoms with Crippen LogP contribution in [0.1, 0.15) is 38.7 Å². The Morgan fingerprint density at radius 1 is 1.19 bits per heavy atom. The van der Waals surface area contributed by atoms with E-state index in [1.165, 1.54) is 31.2 Å². The predicted octanol–water partition coefficient (Wildman–Crippen LogP) is 3.08. The molecule has 1 heterocycles. The van der Waals surface area contributed by atoms with E-state index in [9.17, 15) is 18.4 Å². The number of rotatable bonds is 3. The maximum absolute atomic E-state index is 13.6. The van der Waals surface area contributed by atoms with Crippen LogP contribution in [-0.4, -0.2) is 54.3 Å². The molecule has 1 fully saturated rings. The maximum atomic E-state index is 13.6. The molecule has 1 aromatic rings. The molecule has 0 spiro atoms. The zero-order valence-electron chi connectivity index (χ0n) is 15.6. The van der Waals surface area contributed by atoms with Crippen LogP contribution in [0.3, 0.4) is 0 Å². The first-order valence-electron chi connectivity index (χ1n) is 8.29. The molecule has 2 atom stereocenters. The van der Waals surface area contributed by atoms with Crippen molar-refractivity contribution >= 4 is 12.0 Å². The zero-order chi connectivity index (χ0) is 19.6. The fourth-order valence-electron chi connectivity index (χ4n) is 2.94.